The van der Waals surface area contributed by atoms with Gasteiger partial charge in [-0.05, 0) is 38.4 Å². The van der Waals surface area contributed by atoms with Crippen LogP contribution in [-0.4, -0.2) is 27.3 Å². The van der Waals surface area contributed by atoms with Crippen molar-refractivity contribution in [3.05, 3.63) is 29.3 Å². The smallest absolute Gasteiger partial charge is 0.179 e. The molecule has 0 saturated carbocycles. The summed E-state index contributed by atoms with van der Waals surface area (Å²) in [6.07, 6.45) is 1.02. The molecule has 0 heterocycles. The van der Waals surface area contributed by atoms with Crippen molar-refractivity contribution in [3.8, 4) is 0 Å². The van der Waals surface area contributed by atoms with E-state index in [9.17, 15) is 8.42 Å². The van der Waals surface area contributed by atoms with Gasteiger partial charge in [0.1, 0.15) is 0 Å². The van der Waals surface area contributed by atoms with E-state index in [1.165, 1.54) is 0 Å². The number of aryl methyl sites for hydroxylation is 2. The molecule has 1 N–H and O–H groups in total. The highest BCUT2D eigenvalue weighted by Gasteiger charge is 2.16. The molecule has 0 saturated heterocycles. The third-order valence-corrected chi connectivity index (χ3v) is 4.51. The van der Waals surface area contributed by atoms with Crippen molar-refractivity contribution in [2.24, 2.45) is 0 Å². The molecule has 0 aromatic heterocycles. The standard InChI is InChI=1S/C13H21NO2S/c1-4-7-14-8-9-17(15,16)13-6-5-11(2)10-12(13)3/h5-6,10,14H,4,7-9H2,1-3H3. The lowest BCUT2D eigenvalue weighted by atomic mass is 10.2. The van der Waals surface area contributed by atoms with Crippen LogP contribution in [0.25, 0.3) is 0 Å². The van der Waals surface area contributed by atoms with E-state index in [0.717, 1.165) is 24.1 Å². The van der Waals surface area contributed by atoms with Gasteiger partial charge in [0.05, 0.1) is 10.6 Å². The highest BCUT2D eigenvalue weighted by atomic mass is 32.2. The minimum Gasteiger partial charge on any atom is -0.316 e. The molecule has 1 aromatic rings. The molecule has 0 spiro atoms. The van der Waals surface area contributed by atoms with Gasteiger partial charge in [0, 0.05) is 6.54 Å². The topological polar surface area (TPSA) is 46.2 Å². The van der Waals surface area contributed by atoms with Crippen molar-refractivity contribution in [1.82, 2.24) is 5.32 Å². The van der Waals surface area contributed by atoms with E-state index in [1.807, 2.05) is 26.0 Å². The summed E-state index contributed by atoms with van der Waals surface area (Å²) < 4.78 is 24.2. The Bertz CT molecular complexity index is 466. The van der Waals surface area contributed by atoms with Gasteiger partial charge in [-0.2, -0.15) is 0 Å². The van der Waals surface area contributed by atoms with E-state index in [4.69, 9.17) is 0 Å². The Morgan fingerprint density at radius 2 is 1.88 bits per heavy atom. The van der Waals surface area contributed by atoms with Gasteiger partial charge in [-0.1, -0.05) is 24.6 Å². The van der Waals surface area contributed by atoms with E-state index in [1.54, 1.807) is 6.07 Å². The van der Waals surface area contributed by atoms with Crippen LogP contribution in [0.2, 0.25) is 0 Å². The van der Waals surface area contributed by atoms with E-state index in [-0.39, 0.29) is 5.75 Å². The maximum absolute atomic E-state index is 12.1. The number of rotatable bonds is 6. The number of nitrogens with one attached hydrogen (secondary N) is 1. The van der Waals surface area contributed by atoms with Crippen LogP contribution < -0.4 is 5.32 Å². The molecule has 4 heteroatoms. The molecule has 0 amide bonds. The van der Waals surface area contributed by atoms with Gasteiger partial charge >= 0.3 is 0 Å². The summed E-state index contributed by atoms with van der Waals surface area (Å²) in [6, 6.07) is 5.46. The zero-order chi connectivity index (χ0) is 12.9. The monoisotopic (exact) mass is 255 g/mol. The average molecular weight is 255 g/mol. The molecule has 3 nitrogen and oxygen atoms in total. The molecular formula is C13H21NO2S. The molecule has 0 atom stereocenters. The Morgan fingerprint density at radius 3 is 2.47 bits per heavy atom. The van der Waals surface area contributed by atoms with Gasteiger partial charge in [-0.3, -0.25) is 0 Å². The molecule has 0 aliphatic carbocycles. The van der Waals surface area contributed by atoms with Crippen LogP contribution in [0.15, 0.2) is 23.1 Å². The Labute approximate surface area is 104 Å². The predicted molar refractivity (Wildman–Crippen MR) is 71.1 cm³/mol. The second-order valence-corrected chi connectivity index (χ2v) is 6.42. The van der Waals surface area contributed by atoms with Gasteiger partial charge in [0.25, 0.3) is 0 Å². The summed E-state index contributed by atoms with van der Waals surface area (Å²) in [7, 11) is -3.15. The fourth-order valence-electron chi connectivity index (χ4n) is 1.77. The Hall–Kier alpha value is -0.870. The SMILES string of the molecule is CCCNCCS(=O)(=O)c1ccc(C)cc1C. The molecule has 1 rings (SSSR count). The zero-order valence-electron chi connectivity index (χ0n) is 10.8. The quantitative estimate of drug-likeness (QED) is 0.792. The summed E-state index contributed by atoms with van der Waals surface area (Å²) in [5, 5.41) is 3.11. The highest BCUT2D eigenvalue weighted by Crippen LogP contribution is 2.17. The third kappa shape index (κ3) is 4.13. The molecule has 0 aliphatic heterocycles. The number of benzene rings is 1. The van der Waals surface area contributed by atoms with Crippen LogP contribution in [0.1, 0.15) is 24.5 Å². The van der Waals surface area contributed by atoms with Crippen molar-refractivity contribution >= 4 is 9.84 Å². The van der Waals surface area contributed by atoms with E-state index >= 15 is 0 Å². The maximum Gasteiger partial charge on any atom is 0.179 e. The normalized spacial score (nSPS) is 11.7. The van der Waals surface area contributed by atoms with Crippen LogP contribution in [-0.2, 0) is 9.84 Å². The maximum atomic E-state index is 12.1. The van der Waals surface area contributed by atoms with Gasteiger partial charge in [-0.25, -0.2) is 8.42 Å². The third-order valence-electron chi connectivity index (χ3n) is 2.64. The van der Waals surface area contributed by atoms with Crippen molar-refractivity contribution in [1.29, 1.82) is 0 Å². The van der Waals surface area contributed by atoms with Crippen LogP contribution in [0.4, 0.5) is 0 Å². The molecule has 0 fully saturated rings. The lowest BCUT2D eigenvalue weighted by Crippen LogP contribution is -2.24. The fraction of sp³-hybridized carbons (Fsp3) is 0.538. The molecular weight excluding hydrogens is 234 g/mol. The lowest BCUT2D eigenvalue weighted by Gasteiger charge is -2.09. The lowest BCUT2D eigenvalue weighted by molar-refractivity contribution is 0.589. The van der Waals surface area contributed by atoms with Gasteiger partial charge in [-0.15, -0.1) is 0 Å². The van der Waals surface area contributed by atoms with Gasteiger partial charge in [0.15, 0.2) is 9.84 Å². The zero-order valence-corrected chi connectivity index (χ0v) is 11.6. The molecule has 0 bridgehead atoms. The molecule has 17 heavy (non-hydrogen) atoms. The minimum absolute atomic E-state index is 0.164. The summed E-state index contributed by atoms with van der Waals surface area (Å²) in [5.74, 6) is 0.164. The second-order valence-electron chi connectivity index (χ2n) is 4.34. The number of hydrogen-bond donors (Lipinski definition) is 1. The number of sulfone groups is 1. The number of hydrogen-bond acceptors (Lipinski definition) is 3. The molecule has 96 valence electrons. The van der Waals surface area contributed by atoms with Crippen molar-refractivity contribution in [3.63, 3.8) is 0 Å². The Morgan fingerprint density at radius 1 is 1.18 bits per heavy atom. The summed E-state index contributed by atoms with van der Waals surface area (Å²) >= 11 is 0. The van der Waals surface area contributed by atoms with E-state index in [2.05, 4.69) is 12.2 Å². The summed E-state index contributed by atoms with van der Waals surface area (Å²) in [6.45, 7) is 7.25. The first-order valence-corrected chi connectivity index (χ1v) is 7.63. The second kappa shape index (κ2) is 6.17. The van der Waals surface area contributed by atoms with Crippen molar-refractivity contribution in [2.45, 2.75) is 32.1 Å². The van der Waals surface area contributed by atoms with Crippen molar-refractivity contribution < 1.29 is 8.42 Å². The van der Waals surface area contributed by atoms with E-state index < -0.39 is 9.84 Å². The van der Waals surface area contributed by atoms with Crippen LogP contribution in [0.5, 0.6) is 0 Å². The molecule has 1 aromatic carbocycles. The first-order chi connectivity index (χ1) is 7.97. The van der Waals surface area contributed by atoms with Gasteiger partial charge < -0.3 is 5.32 Å². The van der Waals surface area contributed by atoms with Crippen molar-refractivity contribution in [2.75, 3.05) is 18.8 Å². The first-order valence-electron chi connectivity index (χ1n) is 5.98. The fourth-order valence-corrected chi connectivity index (χ4v) is 3.22. The van der Waals surface area contributed by atoms with Crippen LogP contribution >= 0.6 is 0 Å². The highest BCUT2D eigenvalue weighted by molar-refractivity contribution is 7.91. The Kier molecular flexibility index (Phi) is 5.15. The first kappa shape index (κ1) is 14.2. The van der Waals surface area contributed by atoms with Crippen LogP contribution in [0, 0.1) is 13.8 Å². The molecule has 0 radical (unpaired) electrons. The Balaban J connectivity index is 2.76. The minimum atomic E-state index is -3.15. The largest absolute Gasteiger partial charge is 0.316 e. The summed E-state index contributed by atoms with van der Waals surface area (Å²) in [5.41, 5.74) is 1.92. The predicted octanol–water partition coefficient (Wildman–Crippen LogP) is 2.08. The average Bonchev–Trinajstić information content (AvgIpc) is 2.24. The van der Waals surface area contributed by atoms with Crippen LogP contribution in [0.3, 0.4) is 0 Å². The van der Waals surface area contributed by atoms with E-state index in [0.29, 0.717) is 11.4 Å². The summed E-state index contributed by atoms with van der Waals surface area (Å²) in [4.78, 5) is 0.460. The molecule has 0 unspecified atom stereocenters. The molecule has 0 aliphatic rings. The van der Waals surface area contributed by atoms with Gasteiger partial charge in [0.2, 0.25) is 0 Å².